The summed E-state index contributed by atoms with van der Waals surface area (Å²) in [4.78, 5) is 26.5. The van der Waals surface area contributed by atoms with Gasteiger partial charge >= 0.3 is 0 Å². The van der Waals surface area contributed by atoms with Crippen LogP contribution in [-0.4, -0.2) is 74.3 Å². The molecule has 0 aliphatic carbocycles. The van der Waals surface area contributed by atoms with Gasteiger partial charge in [-0.25, -0.2) is 5.26 Å². The maximum absolute atomic E-state index is 12.6. The highest BCUT2D eigenvalue weighted by atomic mass is 32.2. The van der Waals surface area contributed by atoms with Gasteiger partial charge in [0.25, 0.3) is 10.1 Å². The molecule has 0 saturated heterocycles. The van der Waals surface area contributed by atoms with Crippen molar-refractivity contribution in [2.75, 3.05) is 58.1 Å². The smallest absolute Gasteiger partial charge is 0.295 e. The number of para-hydroxylation sites is 2. The largest absolute Gasteiger partial charge is 0.353 e. The van der Waals surface area contributed by atoms with E-state index in [4.69, 9.17) is 21.1 Å². The minimum atomic E-state index is -4.73. The zero-order valence-corrected chi connectivity index (χ0v) is 32.0. The van der Waals surface area contributed by atoms with Crippen LogP contribution in [0.15, 0.2) is 107 Å². The number of nitrogens with one attached hydrogen (secondary N) is 6. The minimum absolute atomic E-state index is 0.0860. The average Bonchev–Trinajstić information content (AvgIpc) is 3.21. The first-order valence-corrected chi connectivity index (χ1v) is 19.5. The first-order chi connectivity index (χ1) is 28.2. The molecule has 0 unspecified atom stereocenters. The highest BCUT2D eigenvalue weighted by molar-refractivity contribution is 7.94. The lowest BCUT2D eigenvalue weighted by atomic mass is 10.1. The van der Waals surface area contributed by atoms with Gasteiger partial charge in [0.1, 0.15) is 4.90 Å². The molecule has 0 radical (unpaired) electrons. The summed E-state index contributed by atoms with van der Waals surface area (Å²) in [5.74, 6) is 1.28. The first kappa shape index (κ1) is 41.1. The number of hydrogen-bond donors (Lipinski definition) is 10. The first-order valence-electron chi connectivity index (χ1n) is 17.4. The van der Waals surface area contributed by atoms with Crippen molar-refractivity contribution in [3.05, 3.63) is 108 Å². The average molecular weight is 827 g/mol. The molecule has 0 amide bonds. The number of hydrogen-bond acceptors (Lipinski definition) is 20. The summed E-state index contributed by atoms with van der Waals surface area (Å²) in [5.41, 5.74) is 14.3. The van der Waals surface area contributed by atoms with Gasteiger partial charge in [-0.05, 0) is 59.7 Å². The fourth-order valence-corrected chi connectivity index (χ4v) is 6.31. The molecule has 6 rings (SSSR count). The third kappa shape index (κ3) is 12.0. The topological polar surface area (TPSA) is 295 Å². The van der Waals surface area contributed by atoms with Gasteiger partial charge in [-0.3, -0.25) is 4.55 Å². The Morgan fingerprint density at radius 1 is 0.586 bits per heavy atom. The van der Waals surface area contributed by atoms with Crippen molar-refractivity contribution >= 4 is 92.8 Å². The zero-order chi connectivity index (χ0) is 40.7. The zero-order valence-electron chi connectivity index (χ0n) is 30.4. The molecule has 0 spiro atoms. The molecule has 58 heavy (non-hydrogen) atoms. The van der Waals surface area contributed by atoms with Crippen LogP contribution >= 0.6 is 12.0 Å². The molecule has 20 nitrogen and oxygen atoms in total. The third-order valence-electron chi connectivity index (χ3n) is 7.60. The predicted octanol–water partition coefficient (Wildman–Crippen LogP) is 5.62. The fraction of sp³-hybridized carbons (Fsp3) is 0.111. The minimum Gasteiger partial charge on any atom is -0.353 e. The second-order valence-electron chi connectivity index (χ2n) is 11.8. The molecule has 0 fully saturated rings. The Morgan fingerprint density at radius 3 is 1.48 bits per heavy atom. The monoisotopic (exact) mass is 826 g/mol. The van der Waals surface area contributed by atoms with Gasteiger partial charge in [-0.2, -0.15) is 38.3 Å². The van der Waals surface area contributed by atoms with Crippen LogP contribution in [0.4, 0.5) is 58.4 Å². The van der Waals surface area contributed by atoms with Crippen LogP contribution in [0.3, 0.4) is 0 Å². The van der Waals surface area contributed by atoms with Gasteiger partial charge < -0.3 is 43.4 Å². The van der Waals surface area contributed by atoms with E-state index in [1.54, 1.807) is 30.3 Å². The normalized spacial score (nSPS) is 11.3. The number of nitrogens with zero attached hydrogens (tertiary/aromatic N) is 6. The van der Waals surface area contributed by atoms with E-state index in [9.17, 15) is 13.0 Å². The molecule has 0 atom stereocenters. The molecule has 2 aromatic heterocycles. The van der Waals surface area contributed by atoms with Crippen LogP contribution < -0.4 is 43.4 Å². The lowest BCUT2D eigenvalue weighted by Crippen LogP contribution is -2.16. The lowest BCUT2D eigenvalue weighted by Gasteiger charge is -2.13. The van der Waals surface area contributed by atoms with Crippen LogP contribution in [0.1, 0.15) is 11.1 Å². The van der Waals surface area contributed by atoms with Gasteiger partial charge in [0.15, 0.2) is 0 Å². The number of anilines is 10. The summed E-state index contributed by atoms with van der Waals surface area (Å²) < 4.78 is 40.3. The molecule has 2 heterocycles. The van der Waals surface area contributed by atoms with E-state index in [2.05, 4.69) is 66.8 Å². The molecular formula is C36H38N14O6S2. The number of aromatic nitrogens is 6. The summed E-state index contributed by atoms with van der Waals surface area (Å²) >= 11 is 0.678. The van der Waals surface area contributed by atoms with E-state index in [0.29, 0.717) is 54.4 Å². The van der Waals surface area contributed by atoms with Gasteiger partial charge in [-0.15, -0.1) is 4.33 Å². The predicted molar refractivity (Wildman–Crippen MR) is 223 cm³/mol. The Hall–Kier alpha value is -6.50. The molecule has 0 aliphatic rings. The molecule has 12 N–H and O–H groups in total. The molecule has 0 saturated carbocycles. The molecule has 4 aromatic carbocycles. The van der Waals surface area contributed by atoms with E-state index in [0.717, 1.165) is 11.4 Å². The maximum atomic E-state index is 12.6. The van der Waals surface area contributed by atoms with E-state index in [1.165, 1.54) is 18.2 Å². The Morgan fingerprint density at radius 2 is 1.02 bits per heavy atom. The molecule has 0 bridgehead atoms. The highest BCUT2D eigenvalue weighted by Gasteiger charge is 2.17. The number of nitrogens with two attached hydrogens (primary N) is 2. The van der Waals surface area contributed by atoms with E-state index in [1.807, 2.05) is 60.7 Å². The van der Waals surface area contributed by atoms with Crippen molar-refractivity contribution in [3.63, 3.8) is 0 Å². The fourth-order valence-electron chi connectivity index (χ4n) is 5.09. The summed E-state index contributed by atoms with van der Waals surface area (Å²) in [6.45, 7) is 1.50. The molecule has 0 aliphatic heterocycles. The Bertz CT molecular complexity index is 2430. The van der Waals surface area contributed by atoms with E-state index in [-0.39, 0.29) is 46.9 Å². The number of rotatable bonds is 20. The quantitative estimate of drug-likeness (QED) is 0.0147. The van der Waals surface area contributed by atoms with Crippen LogP contribution in [0.5, 0.6) is 0 Å². The van der Waals surface area contributed by atoms with Crippen molar-refractivity contribution in [3.8, 4) is 0 Å². The van der Waals surface area contributed by atoms with E-state index < -0.39 is 15.0 Å². The van der Waals surface area contributed by atoms with Crippen molar-refractivity contribution in [2.45, 2.75) is 9.79 Å². The Kier molecular flexibility index (Phi) is 14.2. The van der Waals surface area contributed by atoms with E-state index >= 15 is 0 Å². The van der Waals surface area contributed by atoms with Crippen LogP contribution in [0, 0.1) is 0 Å². The standard InChI is InChI=1S/C36H38N14O6S2/c37-17-19-39-31-45-33(41-25-7-3-1-4-8-25)49-35(47-31)43-27-15-13-23(29(21-27)57-56-55-51)11-12-24-14-16-28(22-30(24)58(52,53)54)44-36-48-32(40-20-18-38)46-34(50-36)42-26-9-5-2-6-10-26/h1-16,21-22,51H,17-20,37-38H2,(H,52,53,54)(H3,39,41,43,45,47,49)(H3,40,42,44,46,48,50)/b12-11+. The van der Waals surface area contributed by atoms with Crippen LogP contribution in [-0.2, 0) is 19.5 Å². The molecule has 6 aromatic rings. The van der Waals surface area contributed by atoms with Gasteiger partial charge in [0.2, 0.25) is 35.7 Å². The second kappa shape index (κ2) is 20.1. The van der Waals surface area contributed by atoms with Crippen molar-refractivity contribution < 1.29 is 27.6 Å². The lowest BCUT2D eigenvalue weighted by molar-refractivity contribution is -0.432. The highest BCUT2D eigenvalue weighted by Crippen LogP contribution is 2.31. The Labute approximate surface area is 336 Å². The van der Waals surface area contributed by atoms with Crippen LogP contribution in [0.2, 0.25) is 0 Å². The SMILES string of the molecule is NCCNc1nc(Nc2ccccc2)nc(Nc2ccc(/C=C/c3ccc(Nc4nc(NCCN)nc(Nc5ccccc5)n4)cc3S(=O)(=O)O)c(SOOO)c2)n1. The molecular weight excluding hydrogens is 789 g/mol. The molecule has 300 valence electrons. The van der Waals surface area contributed by atoms with Crippen molar-refractivity contribution in [1.29, 1.82) is 0 Å². The Balaban J connectivity index is 1.25. The summed E-state index contributed by atoms with van der Waals surface area (Å²) in [6.07, 6.45) is 3.08. The summed E-state index contributed by atoms with van der Waals surface area (Å²) in [7, 11) is -4.73. The summed E-state index contributed by atoms with van der Waals surface area (Å²) in [5, 5.41) is 31.2. The third-order valence-corrected chi connectivity index (χ3v) is 9.17. The van der Waals surface area contributed by atoms with Crippen molar-refractivity contribution in [2.24, 2.45) is 11.5 Å². The maximum Gasteiger partial charge on any atom is 0.295 e. The van der Waals surface area contributed by atoms with Crippen molar-refractivity contribution in [1.82, 2.24) is 29.9 Å². The van der Waals surface area contributed by atoms with Gasteiger partial charge in [0, 0.05) is 53.8 Å². The summed E-state index contributed by atoms with van der Waals surface area (Å²) in [6, 6.07) is 28.0. The van der Waals surface area contributed by atoms with Gasteiger partial charge in [0.05, 0.1) is 12.0 Å². The van der Waals surface area contributed by atoms with Crippen LogP contribution in [0.25, 0.3) is 12.2 Å². The number of benzene rings is 4. The second-order valence-corrected chi connectivity index (χ2v) is 13.9. The molecule has 22 heteroatoms. The van der Waals surface area contributed by atoms with Gasteiger partial charge in [-0.1, -0.05) is 65.7 Å².